The van der Waals surface area contributed by atoms with E-state index in [-0.39, 0.29) is 40.7 Å². The monoisotopic (exact) mass is 266 g/mol. The summed E-state index contributed by atoms with van der Waals surface area (Å²) in [7, 11) is 0. The van der Waals surface area contributed by atoms with Gasteiger partial charge in [-0.3, -0.25) is 9.59 Å². The lowest BCUT2D eigenvalue weighted by Crippen LogP contribution is -2.42. The second kappa shape index (κ2) is 5.76. The molecule has 2 unspecified atom stereocenters. The third-order valence-corrected chi connectivity index (χ3v) is 6.11. The molecule has 0 radical (unpaired) electrons. The summed E-state index contributed by atoms with van der Waals surface area (Å²) < 4.78 is 0. The molecule has 1 saturated carbocycles. The second-order valence-electron chi connectivity index (χ2n) is 6.79. The van der Waals surface area contributed by atoms with Gasteiger partial charge >= 0.3 is 0 Å². The van der Waals surface area contributed by atoms with Gasteiger partial charge in [0.2, 0.25) is 0 Å². The summed E-state index contributed by atoms with van der Waals surface area (Å²) >= 11 is 0. The fourth-order valence-corrected chi connectivity index (χ4v) is 3.73. The molecule has 0 aromatic heterocycles. The van der Waals surface area contributed by atoms with Crippen molar-refractivity contribution in [1.29, 1.82) is 0 Å². The summed E-state index contributed by atoms with van der Waals surface area (Å²) in [6.07, 6.45) is 4.03. The van der Waals surface area contributed by atoms with E-state index in [2.05, 4.69) is 41.5 Å². The van der Waals surface area contributed by atoms with E-state index in [1.54, 1.807) is 0 Å². The lowest BCUT2D eigenvalue weighted by molar-refractivity contribution is -0.130. The highest BCUT2D eigenvalue weighted by atomic mass is 16.2. The van der Waals surface area contributed by atoms with E-state index in [0.717, 1.165) is 25.7 Å². The molecule has 1 fully saturated rings. The Hall–Kier alpha value is -0.660. The molecule has 2 nitrogen and oxygen atoms in total. The van der Waals surface area contributed by atoms with Crippen LogP contribution in [-0.2, 0) is 9.59 Å². The highest BCUT2D eigenvalue weighted by Gasteiger charge is 2.55. The lowest BCUT2D eigenvalue weighted by Gasteiger charge is -2.43. The number of rotatable bonds is 6. The van der Waals surface area contributed by atoms with Gasteiger partial charge in [0.25, 0.3) is 0 Å². The van der Waals surface area contributed by atoms with Crippen LogP contribution in [0.3, 0.4) is 0 Å². The van der Waals surface area contributed by atoms with Crippen molar-refractivity contribution in [3.05, 3.63) is 0 Å². The van der Waals surface area contributed by atoms with E-state index in [9.17, 15) is 9.59 Å². The topological polar surface area (TPSA) is 34.1 Å². The molecule has 0 heterocycles. The molecule has 1 aliphatic rings. The van der Waals surface area contributed by atoms with Crippen molar-refractivity contribution in [2.75, 3.05) is 0 Å². The van der Waals surface area contributed by atoms with Gasteiger partial charge < -0.3 is 0 Å². The molecule has 0 bridgehead atoms. The van der Waals surface area contributed by atoms with Crippen molar-refractivity contribution < 1.29 is 9.59 Å². The minimum Gasteiger partial charge on any atom is -0.299 e. The Morgan fingerprint density at radius 2 is 1.05 bits per heavy atom. The van der Waals surface area contributed by atoms with Crippen molar-refractivity contribution >= 4 is 11.6 Å². The summed E-state index contributed by atoms with van der Waals surface area (Å²) in [6.45, 7) is 13.0. The molecular weight excluding hydrogens is 236 g/mol. The number of Topliss-reactive ketones (excluding diaryl/α,β-unsaturated/α-hetero) is 2. The first-order chi connectivity index (χ1) is 8.79. The number of ketones is 2. The zero-order valence-electron chi connectivity index (χ0n) is 13.5. The molecule has 1 aliphatic carbocycles. The summed E-state index contributed by atoms with van der Waals surface area (Å²) in [5, 5.41) is 0. The van der Waals surface area contributed by atoms with Crippen LogP contribution >= 0.6 is 0 Å². The maximum Gasteiger partial charge on any atom is 0.144 e. The van der Waals surface area contributed by atoms with Gasteiger partial charge in [-0.05, 0) is 10.8 Å². The number of hydrogen-bond acceptors (Lipinski definition) is 2. The molecule has 0 aromatic rings. The molecule has 0 aliphatic heterocycles. The smallest absolute Gasteiger partial charge is 0.144 e. The van der Waals surface area contributed by atoms with Gasteiger partial charge in [0.05, 0.1) is 6.42 Å². The first-order valence-corrected chi connectivity index (χ1v) is 7.85. The molecular formula is C17H30O2. The third kappa shape index (κ3) is 2.64. The highest BCUT2D eigenvalue weighted by molar-refractivity contribution is 6.09. The molecule has 0 spiro atoms. The van der Waals surface area contributed by atoms with Crippen molar-refractivity contribution in [2.45, 2.75) is 73.6 Å². The first-order valence-electron chi connectivity index (χ1n) is 7.85. The number of carbonyl (C=O) groups is 2. The summed E-state index contributed by atoms with van der Waals surface area (Å²) in [5.41, 5.74) is -0.0565. The van der Waals surface area contributed by atoms with Crippen LogP contribution in [0.25, 0.3) is 0 Å². The van der Waals surface area contributed by atoms with Crippen LogP contribution in [0.15, 0.2) is 0 Å². The molecule has 1 rings (SSSR count). The van der Waals surface area contributed by atoms with E-state index in [1.165, 1.54) is 0 Å². The Balaban J connectivity index is 3.26. The molecule has 0 aromatic carbocycles. The predicted octanol–water partition coefficient (Wildman–Crippen LogP) is 4.41. The molecule has 110 valence electrons. The normalized spacial score (nSPS) is 25.2. The summed E-state index contributed by atoms with van der Waals surface area (Å²) in [5.74, 6) is 0.239. The fourth-order valence-electron chi connectivity index (χ4n) is 3.73. The van der Waals surface area contributed by atoms with E-state index < -0.39 is 0 Å². The Kier molecular flexibility index (Phi) is 4.97. The van der Waals surface area contributed by atoms with Crippen LogP contribution in [0.5, 0.6) is 0 Å². The third-order valence-electron chi connectivity index (χ3n) is 6.11. The Bertz CT molecular complexity index is 314. The zero-order valence-corrected chi connectivity index (χ0v) is 13.5. The minimum atomic E-state index is -0.0695. The van der Waals surface area contributed by atoms with E-state index in [0.29, 0.717) is 0 Å². The molecule has 0 amide bonds. The number of carbonyl (C=O) groups excluding carboxylic acids is 2. The minimum absolute atomic E-state index is 0.0283. The van der Waals surface area contributed by atoms with Gasteiger partial charge in [-0.15, -0.1) is 0 Å². The zero-order chi connectivity index (χ0) is 14.8. The molecule has 2 atom stereocenters. The molecule has 0 saturated heterocycles. The standard InChI is InChI=1S/C17H30O2/c1-7-16(5,8-2)14-12(18)11-13(19)15(14)17(6,9-3)10-4/h14-15H,7-11H2,1-6H3. The molecule has 2 heteroatoms. The van der Waals surface area contributed by atoms with Gasteiger partial charge in [0.1, 0.15) is 11.6 Å². The van der Waals surface area contributed by atoms with Gasteiger partial charge in [-0.25, -0.2) is 0 Å². The summed E-state index contributed by atoms with van der Waals surface area (Å²) in [6, 6.07) is 0. The Morgan fingerprint density at radius 3 is 1.26 bits per heavy atom. The van der Waals surface area contributed by atoms with Gasteiger partial charge in [0.15, 0.2) is 0 Å². The van der Waals surface area contributed by atoms with Crippen LogP contribution < -0.4 is 0 Å². The Labute approximate surface area is 118 Å². The molecule has 0 N–H and O–H groups in total. The van der Waals surface area contributed by atoms with Crippen molar-refractivity contribution in [2.24, 2.45) is 22.7 Å². The lowest BCUT2D eigenvalue weighted by atomic mass is 9.59. The quantitative estimate of drug-likeness (QED) is 0.667. The predicted molar refractivity (Wildman–Crippen MR) is 79.0 cm³/mol. The van der Waals surface area contributed by atoms with E-state index in [1.807, 2.05) is 0 Å². The van der Waals surface area contributed by atoms with E-state index in [4.69, 9.17) is 0 Å². The van der Waals surface area contributed by atoms with Crippen LogP contribution in [0, 0.1) is 22.7 Å². The van der Waals surface area contributed by atoms with Crippen LogP contribution in [0.2, 0.25) is 0 Å². The van der Waals surface area contributed by atoms with Crippen LogP contribution in [0.1, 0.15) is 73.6 Å². The Morgan fingerprint density at radius 1 is 0.789 bits per heavy atom. The number of hydrogen-bond donors (Lipinski definition) is 0. The van der Waals surface area contributed by atoms with Gasteiger partial charge in [-0.2, -0.15) is 0 Å². The van der Waals surface area contributed by atoms with Crippen LogP contribution in [-0.4, -0.2) is 11.6 Å². The van der Waals surface area contributed by atoms with Gasteiger partial charge in [-0.1, -0.05) is 67.2 Å². The highest BCUT2D eigenvalue weighted by Crippen LogP contribution is 2.52. The maximum atomic E-state index is 12.4. The fraction of sp³-hybridized carbons (Fsp3) is 0.882. The first kappa shape index (κ1) is 16.4. The van der Waals surface area contributed by atoms with Crippen molar-refractivity contribution in [3.8, 4) is 0 Å². The largest absolute Gasteiger partial charge is 0.299 e. The summed E-state index contributed by atoms with van der Waals surface area (Å²) in [4.78, 5) is 24.8. The maximum absolute atomic E-state index is 12.4. The average Bonchev–Trinajstić information content (AvgIpc) is 2.72. The van der Waals surface area contributed by atoms with Crippen LogP contribution in [0.4, 0.5) is 0 Å². The molecule has 19 heavy (non-hydrogen) atoms. The van der Waals surface area contributed by atoms with Crippen molar-refractivity contribution in [3.63, 3.8) is 0 Å². The SMILES string of the molecule is CCC(C)(CC)C1C(=O)CC(=O)C1C(C)(CC)CC. The van der Waals surface area contributed by atoms with Gasteiger partial charge in [0, 0.05) is 11.8 Å². The van der Waals surface area contributed by atoms with E-state index >= 15 is 0 Å². The second-order valence-corrected chi connectivity index (χ2v) is 6.79. The average molecular weight is 266 g/mol. The van der Waals surface area contributed by atoms with Crippen molar-refractivity contribution in [1.82, 2.24) is 0 Å².